The second-order valence-electron chi connectivity index (χ2n) is 16.9. The first-order chi connectivity index (χ1) is 29.6. The molecule has 5 aromatic rings. The lowest BCUT2D eigenvalue weighted by atomic mass is 10.0. The molecule has 3 atom stereocenters. The van der Waals surface area contributed by atoms with Gasteiger partial charge in [0.05, 0.1) is 13.7 Å². The van der Waals surface area contributed by atoms with Gasteiger partial charge in [0.15, 0.2) is 17.5 Å². The van der Waals surface area contributed by atoms with Gasteiger partial charge in [-0.1, -0.05) is 141 Å². The molecule has 5 aromatic carbocycles. The lowest BCUT2D eigenvalue weighted by molar-refractivity contribution is -0.148. The summed E-state index contributed by atoms with van der Waals surface area (Å²) < 4.78 is 29.9. The van der Waals surface area contributed by atoms with Gasteiger partial charge in [0.2, 0.25) is 17.6 Å². The maximum atomic E-state index is 15.0. The third-order valence-electron chi connectivity index (χ3n) is 9.41. The van der Waals surface area contributed by atoms with Crippen LogP contribution in [0, 0.1) is 0 Å². The van der Waals surface area contributed by atoms with Crippen molar-refractivity contribution in [1.29, 1.82) is 0 Å². The summed E-state index contributed by atoms with van der Waals surface area (Å²) in [5, 5.41) is 8.43. The third kappa shape index (κ3) is 14.3. The van der Waals surface area contributed by atoms with Crippen LogP contribution in [0.5, 0.6) is 17.2 Å². The Kier molecular flexibility index (Phi) is 16.3. The molecule has 0 fully saturated rings. The Balaban J connectivity index is 1.61. The normalized spacial score (nSPS) is 12.8. The van der Waals surface area contributed by atoms with Crippen LogP contribution >= 0.6 is 0 Å². The van der Waals surface area contributed by atoms with Crippen LogP contribution in [-0.4, -0.2) is 51.3 Å². The Morgan fingerprint density at radius 3 is 1.44 bits per heavy atom. The van der Waals surface area contributed by atoms with Crippen LogP contribution in [-0.2, 0) is 37.1 Å². The number of carbonyl (C=O) groups is 4. The second kappa shape index (κ2) is 21.8. The van der Waals surface area contributed by atoms with Crippen molar-refractivity contribution in [3.05, 3.63) is 161 Å². The highest BCUT2D eigenvalue weighted by Crippen LogP contribution is 2.41. The Morgan fingerprint density at radius 1 is 0.581 bits per heavy atom. The van der Waals surface area contributed by atoms with Crippen LogP contribution in [0.15, 0.2) is 133 Å². The fourth-order valence-corrected chi connectivity index (χ4v) is 6.95. The summed E-state index contributed by atoms with van der Waals surface area (Å²) >= 11 is 0. The molecule has 326 valence electrons. The van der Waals surface area contributed by atoms with Gasteiger partial charge in [-0.05, 0) is 66.8 Å². The summed E-state index contributed by atoms with van der Waals surface area (Å²) in [6, 6.07) is 36.2. The number of methoxy groups -OCH3 is 1. The molecule has 0 saturated heterocycles. The van der Waals surface area contributed by atoms with Gasteiger partial charge in [-0.2, -0.15) is 0 Å². The van der Waals surface area contributed by atoms with Gasteiger partial charge in [-0.25, -0.2) is 9.59 Å². The average Bonchev–Trinajstić information content (AvgIpc) is 3.25. The maximum absolute atomic E-state index is 15.0. The molecule has 0 aliphatic carbocycles. The standard InChI is InChI=1S/C49H57N3O9Si/c1-49(2,3)61-48(56)52-41(36-24-16-10-17-25-36)45(53)50-42(46(54)51-43(37-26-18-11-19-27-37)47(55)58-28-29-62(5,6)7)38-30-39(59-32-34-20-12-8-13-21-34)44(57-4)40(31-38)60-33-35-22-14-9-15-23-35/h8-27,30-31,41-43H,28-29,32-33H2,1-7H3,(H,50,53)(H,51,54)(H,52,56)/t41-,42+,43+/m0/s1. The number of amides is 3. The van der Waals surface area contributed by atoms with Crippen LogP contribution in [0.1, 0.15) is 66.7 Å². The molecule has 62 heavy (non-hydrogen) atoms. The number of rotatable bonds is 19. The smallest absolute Gasteiger partial charge is 0.408 e. The van der Waals surface area contributed by atoms with E-state index in [0.717, 1.165) is 17.2 Å². The van der Waals surface area contributed by atoms with Crippen LogP contribution in [0.2, 0.25) is 25.7 Å². The van der Waals surface area contributed by atoms with Crippen molar-refractivity contribution >= 4 is 32.0 Å². The Labute approximate surface area is 365 Å². The van der Waals surface area contributed by atoms with Crippen LogP contribution < -0.4 is 30.2 Å². The molecular formula is C49H57N3O9Si. The number of benzene rings is 5. The van der Waals surface area contributed by atoms with Gasteiger partial charge in [0.25, 0.3) is 0 Å². The van der Waals surface area contributed by atoms with E-state index in [1.54, 1.807) is 93.6 Å². The summed E-state index contributed by atoms with van der Waals surface area (Å²) in [6.07, 6.45) is -0.842. The zero-order chi connectivity index (χ0) is 44.7. The van der Waals surface area contributed by atoms with Crippen molar-refractivity contribution in [2.45, 2.75) is 83.4 Å². The molecule has 0 aliphatic heterocycles. The number of esters is 1. The van der Waals surface area contributed by atoms with Crippen molar-refractivity contribution in [3.63, 3.8) is 0 Å². The second-order valence-corrected chi connectivity index (χ2v) is 22.5. The van der Waals surface area contributed by atoms with Crippen LogP contribution in [0.3, 0.4) is 0 Å². The highest BCUT2D eigenvalue weighted by atomic mass is 28.3. The van der Waals surface area contributed by atoms with E-state index in [1.807, 2.05) is 60.7 Å². The zero-order valence-corrected chi connectivity index (χ0v) is 37.4. The Hall–Kier alpha value is -6.60. The van der Waals surface area contributed by atoms with E-state index in [4.69, 9.17) is 23.7 Å². The zero-order valence-electron chi connectivity index (χ0n) is 36.4. The molecule has 12 nitrogen and oxygen atoms in total. The van der Waals surface area contributed by atoms with Gasteiger partial charge < -0.3 is 39.6 Å². The van der Waals surface area contributed by atoms with Gasteiger partial charge in [0, 0.05) is 8.07 Å². The molecule has 0 saturated carbocycles. The first kappa shape index (κ1) is 46.5. The molecule has 0 radical (unpaired) electrons. The summed E-state index contributed by atoms with van der Waals surface area (Å²) in [6.45, 7) is 12.1. The average molecular weight is 860 g/mol. The van der Waals surface area contributed by atoms with Gasteiger partial charge in [-0.15, -0.1) is 0 Å². The minimum absolute atomic E-state index is 0.136. The van der Waals surface area contributed by atoms with E-state index >= 15 is 0 Å². The molecule has 0 heterocycles. The van der Waals surface area contributed by atoms with Crippen molar-refractivity contribution in [3.8, 4) is 17.2 Å². The van der Waals surface area contributed by atoms with Gasteiger partial charge in [0.1, 0.15) is 30.9 Å². The maximum Gasteiger partial charge on any atom is 0.408 e. The van der Waals surface area contributed by atoms with E-state index in [9.17, 15) is 19.2 Å². The highest BCUT2D eigenvalue weighted by Gasteiger charge is 2.35. The number of alkyl carbamates (subject to hydrolysis) is 1. The summed E-state index contributed by atoms with van der Waals surface area (Å²) in [7, 11) is -0.0928. The van der Waals surface area contributed by atoms with Gasteiger partial charge in [-0.3, -0.25) is 9.59 Å². The third-order valence-corrected chi connectivity index (χ3v) is 11.1. The number of carbonyl (C=O) groups excluding carboxylic acids is 4. The molecule has 0 aliphatic rings. The topological polar surface area (TPSA) is 151 Å². The molecular weight excluding hydrogens is 803 g/mol. The molecule has 5 rings (SSSR count). The lowest BCUT2D eigenvalue weighted by Crippen LogP contribution is -2.48. The van der Waals surface area contributed by atoms with Crippen molar-refractivity contribution < 1.29 is 42.9 Å². The van der Waals surface area contributed by atoms with Crippen molar-refractivity contribution in [1.82, 2.24) is 16.0 Å². The predicted molar refractivity (Wildman–Crippen MR) is 240 cm³/mol. The Morgan fingerprint density at radius 2 is 1.00 bits per heavy atom. The van der Waals surface area contributed by atoms with Crippen LogP contribution in [0.4, 0.5) is 4.79 Å². The molecule has 13 heteroatoms. The minimum Gasteiger partial charge on any atom is -0.490 e. The molecule has 0 unspecified atom stereocenters. The first-order valence-electron chi connectivity index (χ1n) is 20.5. The summed E-state index contributed by atoms with van der Waals surface area (Å²) in [5.41, 5.74) is 2.00. The number of hydrogen-bond acceptors (Lipinski definition) is 9. The molecule has 0 aromatic heterocycles. The highest BCUT2D eigenvalue weighted by molar-refractivity contribution is 6.76. The SMILES string of the molecule is COc1c(OCc2ccccc2)cc([C@@H](NC(=O)[C@@H](NC(=O)OC(C)(C)C)c2ccccc2)C(=O)N[C@@H](C(=O)OCC[Si](C)(C)C)c2ccccc2)cc1OCc1ccccc1. The first-order valence-corrected chi connectivity index (χ1v) is 24.2. The van der Waals surface area contributed by atoms with Gasteiger partial charge >= 0.3 is 12.1 Å². The molecule has 3 N–H and O–H groups in total. The molecule has 0 spiro atoms. The lowest BCUT2D eigenvalue weighted by Gasteiger charge is -2.27. The largest absolute Gasteiger partial charge is 0.490 e. The minimum atomic E-state index is -1.58. The Bertz CT molecular complexity index is 2170. The quantitative estimate of drug-likeness (QED) is 0.0546. The van der Waals surface area contributed by atoms with E-state index in [2.05, 4.69) is 35.6 Å². The molecule has 0 bridgehead atoms. The fourth-order valence-electron chi connectivity index (χ4n) is 6.24. The number of ether oxygens (including phenoxy) is 5. The fraction of sp³-hybridized carbons (Fsp3) is 0.306. The summed E-state index contributed by atoms with van der Waals surface area (Å²) in [5.74, 6) is -1.46. The number of nitrogens with one attached hydrogen (secondary N) is 3. The van der Waals surface area contributed by atoms with Crippen molar-refractivity contribution in [2.75, 3.05) is 13.7 Å². The van der Waals surface area contributed by atoms with E-state index in [-0.39, 0.29) is 42.6 Å². The monoisotopic (exact) mass is 859 g/mol. The number of hydrogen-bond donors (Lipinski definition) is 3. The van der Waals surface area contributed by atoms with Crippen LogP contribution in [0.25, 0.3) is 0 Å². The van der Waals surface area contributed by atoms with E-state index < -0.39 is 55.7 Å². The molecule has 3 amide bonds. The summed E-state index contributed by atoms with van der Waals surface area (Å²) in [4.78, 5) is 56.7. The predicted octanol–water partition coefficient (Wildman–Crippen LogP) is 9.02. The van der Waals surface area contributed by atoms with Crippen molar-refractivity contribution in [2.24, 2.45) is 0 Å². The van der Waals surface area contributed by atoms with E-state index in [0.29, 0.717) is 11.1 Å². The van der Waals surface area contributed by atoms with E-state index in [1.165, 1.54) is 7.11 Å².